The second kappa shape index (κ2) is 6.14. The minimum absolute atomic E-state index is 0.0896. The number of carbonyl (C=O) groups excluding carboxylic acids is 1. The molecule has 0 saturated carbocycles. The molecule has 1 N–H and O–H groups in total. The Hall–Kier alpha value is -1.53. The molecule has 0 aliphatic heterocycles. The predicted molar refractivity (Wildman–Crippen MR) is 63.2 cm³/mol. The van der Waals surface area contributed by atoms with E-state index in [1.54, 1.807) is 24.3 Å². The fraction of sp³-hybridized carbons (Fsp3) is 0.333. The van der Waals surface area contributed by atoms with Gasteiger partial charge in [0.1, 0.15) is 0 Å². The third-order valence-corrected chi connectivity index (χ3v) is 2.52. The van der Waals surface area contributed by atoms with Gasteiger partial charge in [-0.3, -0.25) is 4.79 Å². The van der Waals surface area contributed by atoms with E-state index >= 15 is 0 Å². The number of nitrogens with zero attached hydrogens (tertiary/aromatic N) is 1. The predicted octanol–water partition coefficient (Wildman–Crippen LogP) is 2.76. The summed E-state index contributed by atoms with van der Waals surface area (Å²) in [6, 6.07) is 8.62. The number of rotatable bonds is 4. The first-order chi connectivity index (χ1) is 7.67. The van der Waals surface area contributed by atoms with Crippen molar-refractivity contribution >= 4 is 17.5 Å². The van der Waals surface area contributed by atoms with Crippen LogP contribution in [0.15, 0.2) is 24.3 Å². The molecule has 1 aromatic carbocycles. The molecule has 16 heavy (non-hydrogen) atoms. The van der Waals surface area contributed by atoms with Crippen LogP contribution in [0.2, 0.25) is 5.02 Å². The van der Waals surface area contributed by atoms with Crippen LogP contribution in [-0.2, 0) is 0 Å². The molecule has 0 aliphatic rings. The summed E-state index contributed by atoms with van der Waals surface area (Å²) in [6.07, 6.45) is 1.07. The molecule has 0 saturated heterocycles. The summed E-state index contributed by atoms with van der Waals surface area (Å²) in [4.78, 5) is 11.7. The average Bonchev–Trinajstić information content (AvgIpc) is 2.29. The van der Waals surface area contributed by atoms with E-state index in [0.717, 1.165) is 6.42 Å². The topological polar surface area (TPSA) is 52.9 Å². The first kappa shape index (κ1) is 12.5. The van der Waals surface area contributed by atoms with Gasteiger partial charge < -0.3 is 5.32 Å². The van der Waals surface area contributed by atoms with Crippen LogP contribution in [0.1, 0.15) is 30.1 Å². The van der Waals surface area contributed by atoms with Crippen LogP contribution in [0.3, 0.4) is 0 Å². The third-order valence-electron chi connectivity index (χ3n) is 2.27. The van der Waals surface area contributed by atoms with E-state index in [2.05, 4.69) is 5.32 Å². The lowest BCUT2D eigenvalue weighted by molar-refractivity contribution is 0.0936. The van der Waals surface area contributed by atoms with Gasteiger partial charge in [-0.2, -0.15) is 5.26 Å². The van der Waals surface area contributed by atoms with Crippen LogP contribution in [0, 0.1) is 11.3 Å². The summed E-state index contributed by atoms with van der Waals surface area (Å²) in [7, 11) is 0. The number of amides is 1. The average molecular weight is 237 g/mol. The molecule has 3 nitrogen and oxygen atoms in total. The van der Waals surface area contributed by atoms with Gasteiger partial charge in [0.05, 0.1) is 12.5 Å². The number of nitrogens with one attached hydrogen (secondary N) is 1. The number of hydrogen-bond acceptors (Lipinski definition) is 2. The van der Waals surface area contributed by atoms with Gasteiger partial charge in [-0.1, -0.05) is 18.5 Å². The molecule has 4 heteroatoms. The van der Waals surface area contributed by atoms with Crippen LogP contribution < -0.4 is 5.32 Å². The van der Waals surface area contributed by atoms with Crippen molar-refractivity contribution < 1.29 is 4.79 Å². The van der Waals surface area contributed by atoms with Gasteiger partial charge in [0.15, 0.2) is 0 Å². The Balaban J connectivity index is 2.65. The first-order valence-electron chi connectivity index (χ1n) is 5.10. The smallest absolute Gasteiger partial charge is 0.251 e. The maximum Gasteiger partial charge on any atom is 0.251 e. The lowest BCUT2D eigenvalue weighted by atomic mass is 10.1. The normalized spacial score (nSPS) is 11.6. The summed E-state index contributed by atoms with van der Waals surface area (Å²) < 4.78 is 0. The third kappa shape index (κ3) is 3.56. The zero-order valence-electron chi connectivity index (χ0n) is 9.03. The van der Waals surface area contributed by atoms with Crippen molar-refractivity contribution in [1.29, 1.82) is 5.26 Å². The van der Waals surface area contributed by atoms with Crippen LogP contribution in [-0.4, -0.2) is 11.9 Å². The Labute approximate surface area is 100 Å². The Morgan fingerprint density at radius 3 is 2.62 bits per heavy atom. The first-order valence-corrected chi connectivity index (χ1v) is 5.48. The molecule has 1 aromatic rings. The largest absolute Gasteiger partial charge is 0.348 e. The van der Waals surface area contributed by atoms with Gasteiger partial charge in [0, 0.05) is 16.6 Å². The number of benzene rings is 1. The van der Waals surface area contributed by atoms with Crippen molar-refractivity contribution in [2.45, 2.75) is 25.8 Å². The van der Waals surface area contributed by atoms with E-state index in [0.29, 0.717) is 17.0 Å². The fourth-order valence-electron chi connectivity index (χ4n) is 1.28. The van der Waals surface area contributed by atoms with Crippen LogP contribution >= 0.6 is 11.6 Å². The molecule has 0 spiro atoms. The van der Waals surface area contributed by atoms with Gasteiger partial charge in [0.25, 0.3) is 5.91 Å². The minimum atomic E-state index is -0.168. The van der Waals surface area contributed by atoms with Crippen LogP contribution in [0.5, 0.6) is 0 Å². The molecule has 1 amide bonds. The second-order valence-electron chi connectivity index (χ2n) is 3.45. The maximum atomic E-state index is 11.7. The van der Waals surface area contributed by atoms with Crippen molar-refractivity contribution in [1.82, 2.24) is 5.32 Å². The molecule has 0 fully saturated rings. The highest BCUT2D eigenvalue weighted by Crippen LogP contribution is 2.10. The molecule has 0 radical (unpaired) electrons. The molecule has 1 rings (SSSR count). The van der Waals surface area contributed by atoms with Crippen molar-refractivity contribution in [2.75, 3.05) is 0 Å². The minimum Gasteiger partial charge on any atom is -0.348 e. The summed E-state index contributed by atoms with van der Waals surface area (Å²) >= 11 is 5.72. The second-order valence-corrected chi connectivity index (χ2v) is 3.88. The van der Waals surface area contributed by atoms with Crippen LogP contribution in [0.4, 0.5) is 0 Å². The van der Waals surface area contributed by atoms with E-state index < -0.39 is 0 Å². The standard InChI is InChI=1S/C12H13ClN2O/c1-2-11(7-8-14)15-12(16)9-3-5-10(13)6-4-9/h3-6,11H,2,7H2,1H3,(H,15,16)/t11-/m0/s1. The molecule has 0 heterocycles. The Bertz CT molecular complexity index is 394. The molecule has 0 aromatic heterocycles. The highest BCUT2D eigenvalue weighted by atomic mass is 35.5. The zero-order valence-corrected chi connectivity index (χ0v) is 9.79. The monoisotopic (exact) mass is 236 g/mol. The number of carbonyl (C=O) groups is 1. The Morgan fingerprint density at radius 1 is 1.50 bits per heavy atom. The van der Waals surface area contributed by atoms with Crippen molar-refractivity contribution in [2.24, 2.45) is 0 Å². The summed E-state index contributed by atoms with van der Waals surface area (Å²) in [6.45, 7) is 1.93. The molecule has 1 atom stereocenters. The van der Waals surface area contributed by atoms with Gasteiger partial charge >= 0.3 is 0 Å². The highest BCUT2D eigenvalue weighted by molar-refractivity contribution is 6.30. The van der Waals surface area contributed by atoms with E-state index in [4.69, 9.17) is 16.9 Å². The molecule has 0 unspecified atom stereocenters. The molecule has 84 valence electrons. The van der Waals surface area contributed by atoms with E-state index in [1.165, 1.54) is 0 Å². The van der Waals surface area contributed by atoms with E-state index in [1.807, 2.05) is 13.0 Å². The number of halogens is 1. The van der Waals surface area contributed by atoms with Crippen molar-refractivity contribution in [3.05, 3.63) is 34.9 Å². The molecular weight excluding hydrogens is 224 g/mol. The Kier molecular flexibility index (Phi) is 4.81. The fourth-order valence-corrected chi connectivity index (χ4v) is 1.40. The van der Waals surface area contributed by atoms with E-state index in [9.17, 15) is 4.79 Å². The van der Waals surface area contributed by atoms with Crippen molar-refractivity contribution in [3.63, 3.8) is 0 Å². The number of nitriles is 1. The van der Waals surface area contributed by atoms with E-state index in [-0.39, 0.29) is 11.9 Å². The van der Waals surface area contributed by atoms with Gasteiger partial charge in [0.2, 0.25) is 0 Å². The molecule has 0 aliphatic carbocycles. The summed E-state index contributed by atoms with van der Waals surface area (Å²) in [5.41, 5.74) is 0.556. The zero-order chi connectivity index (χ0) is 12.0. The lowest BCUT2D eigenvalue weighted by Crippen LogP contribution is -2.34. The van der Waals surface area contributed by atoms with Gasteiger partial charge in [-0.05, 0) is 30.7 Å². The van der Waals surface area contributed by atoms with Gasteiger partial charge in [-0.25, -0.2) is 0 Å². The SMILES string of the molecule is CC[C@@H](CC#N)NC(=O)c1ccc(Cl)cc1. The van der Waals surface area contributed by atoms with Crippen molar-refractivity contribution in [3.8, 4) is 6.07 Å². The van der Waals surface area contributed by atoms with Gasteiger partial charge in [-0.15, -0.1) is 0 Å². The lowest BCUT2D eigenvalue weighted by Gasteiger charge is -2.13. The highest BCUT2D eigenvalue weighted by Gasteiger charge is 2.11. The quantitative estimate of drug-likeness (QED) is 0.874. The molecule has 0 bridgehead atoms. The Morgan fingerprint density at radius 2 is 2.12 bits per heavy atom. The molecular formula is C12H13ClN2O. The summed E-state index contributed by atoms with van der Waals surface area (Å²) in [5, 5.41) is 12.0. The maximum absolute atomic E-state index is 11.7. The van der Waals surface area contributed by atoms with Crippen LogP contribution in [0.25, 0.3) is 0 Å². The summed E-state index contributed by atoms with van der Waals surface area (Å²) in [5.74, 6) is -0.168. The number of hydrogen-bond donors (Lipinski definition) is 1.